The summed E-state index contributed by atoms with van der Waals surface area (Å²) in [4.78, 5) is 23.9. The number of benzene rings is 3. The van der Waals surface area contributed by atoms with E-state index in [1.165, 1.54) is 12.2 Å². The van der Waals surface area contributed by atoms with Crippen LogP contribution in [0.2, 0.25) is 0 Å². The molecular formula is C18H10O2. The van der Waals surface area contributed by atoms with Crippen LogP contribution in [-0.4, -0.2) is 11.6 Å². The van der Waals surface area contributed by atoms with Gasteiger partial charge in [-0.2, -0.15) is 0 Å². The second-order valence-corrected chi connectivity index (χ2v) is 4.97. The highest BCUT2D eigenvalue weighted by atomic mass is 16.1. The number of carbonyl (C=O) groups is 2. The van der Waals surface area contributed by atoms with Crippen molar-refractivity contribution in [3.63, 3.8) is 0 Å². The first-order valence-electron chi connectivity index (χ1n) is 6.46. The Morgan fingerprint density at radius 3 is 2.05 bits per heavy atom. The SMILES string of the molecule is O=C1C=CC(=O)c2cc3c(ccc4ccccc43)cc21. The van der Waals surface area contributed by atoms with E-state index in [-0.39, 0.29) is 11.6 Å². The van der Waals surface area contributed by atoms with Crippen LogP contribution in [-0.2, 0) is 0 Å². The molecule has 20 heavy (non-hydrogen) atoms. The van der Waals surface area contributed by atoms with E-state index in [1.807, 2.05) is 48.5 Å². The van der Waals surface area contributed by atoms with Crippen LogP contribution in [0.3, 0.4) is 0 Å². The molecule has 0 fully saturated rings. The number of fused-ring (bicyclic) bond motifs is 4. The molecule has 3 aromatic carbocycles. The topological polar surface area (TPSA) is 34.1 Å². The van der Waals surface area contributed by atoms with Crippen molar-refractivity contribution < 1.29 is 9.59 Å². The molecule has 0 spiro atoms. The molecule has 0 saturated heterocycles. The monoisotopic (exact) mass is 258 g/mol. The molecule has 0 amide bonds. The first-order valence-corrected chi connectivity index (χ1v) is 6.46. The second-order valence-electron chi connectivity index (χ2n) is 4.97. The second kappa shape index (κ2) is 3.87. The Kier molecular flexibility index (Phi) is 2.15. The van der Waals surface area contributed by atoms with E-state index in [9.17, 15) is 9.59 Å². The van der Waals surface area contributed by atoms with Gasteiger partial charge >= 0.3 is 0 Å². The van der Waals surface area contributed by atoms with Crippen LogP contribution in [0.4, 0.5) is 0 Å². The number of ketones is 2. The van der Waals surface area contributed by atoms with Gasteiger partial charge in [0.25, 0.3) is 0 Å². The number of allylic oxidation sites excluding steroid dienone is 2. The van der Waals surface area contributed by atoms with E-state index in [2.05, 4.69) is 0 Å². The maximum atomic E-state index is 12.0. The largest absolute Gasteiger partial charge is 0.289 e. The van der Waals surface area contributed by atoms with Crippen LogP contribution >= 0.6 is 0 Å². The summed E-state index contributed by atoms with van der Waals surface area (Å²) in [5.41, 5.74) is 1.00. The highest BCUT2D eigenvalue weighted by Gasteiger charge is 2.19. The van der Waals surface area contributed by atoms with Crippen molar-refractivity contribution in [2.24, 2.45) is 0 Å². The molecule has 0 aromatic heterocycles. The standard InChI is InChI=1S/C18H10O2/c19-17-7-8-18(20)16-10-14-12(9-15(16)17)6-5-11-3-1-2-4-13(11)14/h1-10H. The minimum absolute atomic E-state index is 0.102. The lowest BCUT2D eigenvalue weighted by Gasteiger charge is -2.12. The third kappa shape index (κ3) is 1.45. The van der Waals surface area contributed by atoms with E-state index < -0.39 is 0 Å². The van der Waals surface area contributed by atoms with Crippen molar-refractivity contribution in [2.75, 3.05) is 0 Å². The maximum Gasteiger partial charge on any atom is 0.186 e. The average Bonchev–Trinajstić information content (AvgIpc) is 2.50. The first kappa shape index (κ1) is 11.1. The summed E-state index contributed by atoms with van der Waals surface area (Å²) in [5.74, 6) is -0.205. The van der Waals surface area contributed by atoms with E-state index in [0.717, 1.165) is 21.5 Å². The van der Waals surface area contributed by atoms with E-state index in [1.54, 1.807) is 0 Å². The van der Waals surface area contributed by atoms with Gasteiger partial charge in [-0.3, -0.25) is 9.59 Å². The Morgan fingerprint density at radius 1 is 0.600 bits per heavy atom. The smallest absolute Gasteiger partial charge is 0.186 e. The van der Waals surface area contributed by atoms with Gasteiger partial charge in [0.2, 0.25) is 0 Å². The third-order valence-corrected chi connectivity index (χ3v) is 3.80. The molecule has 0 heterocycles. The third-order valence-electron chi connectivity index (χ3n) is 3.80. The van der Waals surface area contributed by atoms with Crippen LogP contribution in [0.15, 0.2) is 60.7 Å². The molecular weight excluding hydrogens is 248 g/mol. The average molecular weight is 258 g/mol. The van der Waals surface area contributed by atoms with Crippen LogP contribution in [0, 0.1) is 0 Å². The van der Waals surface area contributed by atoms with Crippen molar-refractivity contribution in [1.29, 1.82) is 0 Å². The molecule has 0 N–H and O–H groups in total. The molecule has 0 atom stereocenters. The van der Waals surface area contributed by atoms with Gasteiger partial charge in [-0.1, -0.05) is 36.4 Å². The minimum Gasteiger partial charge on any atom is -0.289 e. The van der Waals surface area contributed by atoms with Crippen LogP contribution in [0.5, 0.6) is 0 Å². The highest BCUT2D eigenvalue weighted by molar-refractivity contribution is 6.24. The molecule has 2 heteroatoms. The summed E-state index contributed by atoms with van der Waals surface area (Å²) in [6, 6.07) is 15.7. The van der Waals surface area contributed by atoms with E-state index in [4.69, 9.17) is 0 Å². The van der Waals surface area contributed by atoms with Crippen molar-refractivity contribution >= 4 is 33.1 Å². The Morgan fingerprint density at radius 2 is 1.25 bits per heavy atom. The number of hydrogen-bond acceptors (Lipinski definition) is 2. The zero-order valence-corrected chi connectivity index (χ0v) is 10.6. The van der Waals surface area contributed by atoms with E-state index >= 15 is 0 Å². The summed E-state index contributed by atoms with van der Waals surface area (Å²) in [5, 5.41) is 4.23. The van der Waals surface area contributed by atoms with Gasteiger partial charge in [0.05, 0.1) is 0 Å². The molecule has 0 aliphatic heterocycles. The fraction of sp³-hybridized carbons (Fsp3) is 0. The summed E-state index contributed by atoms with van der Waals surface area (Å²) >= 11 is 0. The van der Waals surface area contributed by atoms with Gasteiger partial charge in [0.15, 0.2) is 11.6 Å². The predicted octanol–water partition coefficient (Wildman–Crippen LogP) is 3.93. The zero-order valence-electron chi connectivity index (χ0n) is 10.6. The number of hydrogen-bond donors (Lipinski definition) is 0. The van der Waals surface area contributed by atoms with Gasteiger partial charge in [-0.15, -0.1) is 0 Å². The maximum absolute atomic E-state index is 12.0. The lowest BCUT2D eigenvalue weighted by molar-refractivity contribution is 0.0994. The fourth-order valence-corrected chi connectivity index (χ4v) is 2.79. The normalized spacial score (nSPS) is 14.0. The Hall–Kier alpha value is -2.74. The first-order chi connectivity index (χ1) is 9.74. The molecule has 1 aliphatic carbocycles. The molecule has 2 nitrogen and oxygen atoms in total. The van der Waals surface area contributed by atoms with Gasteiger partial charge in [-0.25, -0.2) is 0 Å². The predicted molar refractivity (Wildman–Crippen MR) is 79.3 cm³/mol. The summed E-state index contributed by atoms with van der Waals surface area (Å²) in [7, 11) is 0. The van der Waals surface area contributed by atoms with Crippen molar-refractivity contribution in [1.82, 2.24) is 0 Å². The van der Waals surface area contributed by atoms with Gasteiger partial charge in [0, 0.05) is 11.1 Å². The molecule has 0 radical (unpaired) electrons. The molecule has 94 valence electrons. The van der Waals surface area contributed by atoms with Crippen molar-refractivity contribution in [3.8, 4) is 0 Å². The van der Waals surface area contributed by atoms with Gasteiger partial charge in [0.1, 0.15) is 0 Å². The summed E-state index contributed by atoms with van der Waals surface area (Å²) in [6.45, 7) is 0. The molecule has 1 aliphatic rings. The fourth-order valence-electron chi connectivity index (χ4n) is 2.79. The quantitative estimate of drug-likeness (QED) is 0.572. The number of rotatable bonds is 0. The Labute approximate surface area is 115 Å². The Bertz CT molecular complexity index is 933. The molecule has 0 saturated carbocycles. The molecule has 0 unspecified atom stereocenters. The summed E-state index contributed by atoms with van der Waals surface area (Å²) in [6.07, 6.45) is 2.69. The summed E-state index contributed by atoms with van der Waals surface area (Å²) < 4.78 is 0. The molecule has 4 rings (SSSR count). The molecule has 0 bridgehead atoms. The van der Waals surface area contributed by atoms with Crippen molar-refractivity contribution in [3.05, 3.63) is 71.8 Å². The number of carbonyl (C=O) groups excluding carboxylic acids is 2. The Balaban J connectivity index is 2.17. The highest BCUT2D eigenvalue weighted by Crippen LogP contribution is 2.29. The van der Waals surface area contributed by atoms with Gasteiger partial charge in [-0.05, 0) is 45.8 Å². The zero-order chi connectivity index (χ0) is 13.7. The lowest BCUT2D eigenvalue weighted by atomic mass is 9.90. The van der Waals surface area contributed by atoms with Crippen molar-refractivity contribution in [2.45, 2.75) is 0 Å². The van der Waals surface area contributed by atoms with Crippen LogP contribution in [0.25, 0.3) is 21.5 Å². The van der Waals surface area contributed by atoms with E-state index in [0.29, 0.717) is 11.1 Å². The molecule has 3 aromatic rings. The van der Waals surface area contributed by atoms with Crippen LogP contribution in [0.1, 0.15) is 20.7 Å². The van der Waals surface area contributed by atoms with Crippen LogP contribution < -0.4 is 0 Å². The minimum atomic E-state index is -0.102. The lowest BCUT2D eigenvalue weighted by Crippen LogP contribution is -2.11. The van der Waals surface area contributed by atoms with Gasteiger partial charge < -0.3 is 0 Å².